The van der Waals surface area contributed by atoms with Crippen LogP contribution in [0.2, 0.25) is 0 Å². The number of likely N-dealkylation sites (tertiary alicyclic amines) is 1. The second-order valence-electron chi connectivity index (χ2n) is 7.15. The van der Waals surface area contributed by atoms with Gasteiger partial charge in [-0.3, -0.25) is 9.48 Å². The molecule has 0 saturated carbocycles. The van der Waals surface area contributed by atoms with Gasteiger partial charge in [0.2, 0.25) is 0 Å². The van der Waals surface area contributed by atoms with Gasteiger partial charge < -0.3 is 10.0 Å². The summed E-state index contributed by atoms with van der Waals surface area (Å²) in [6.07, 6.45) is 1.46. The number of piperidine rings is 1. The number of amides is 1. The summed E-state index contributed by atoms with van der Waals surface area (Å²) in [7, 11) is 0. The minimum atomic E-state index is -0.286. The monoisotopic (exact) mass is 341 g/mol. The molecular weight excluding hydrogens is 314 g/mol. The third-order valence-corrected chi connectivity index (χ3v) is 5.15. The molecule has 2 aromatic rings. The fourth-order valence-electron chi connectivity index (χ4n) is 3.53. The Labute approximate surface area is 149 Å². The number of carbonyl (C=O) groups excluding carboxylic acids is 1. The van der Waals surface area contributed by atoms with Crippen LogP contribution in [0.5, 0.6) is 0 Å². The zero-order valence-corrected chi connectivity index (χ0v) is 15.3. The number of hydrogen-bond donors (Lipinski definition) is 1. The summed E-state index contributed by atoms with van der Waals surface area (Å²) < 4.78 is 1.98. The molecule has 1 N–H and O–H groups in total. The number of aryl methyl sites for hydroxylation is 2. The predicted octanol–water partition coefficient (Wildman–Crippen LogP) is 2.78. The van der Waals surface area contributed by atoms with Gasteiger partial charge in [0.25, 0.3) is 5.91 Å². The topological polar surface area (TPSA) is 58.4 Å². The second-order valence-corrected chi connectivity index (χ2v) is 7.15. The van der Waals surface area contributed by atoms with Crippen LogP contribution in [0.3, 0.4) is 0 Å². The largest absolute Gasteiger partial charge is 0.393 e. The molecule has 0 aliphatic carbocycles. The standard InChI is InChI=1S/C20H27N3O2/c1-14-12-15(2)23(21-14)13-17-4-6-19(7-5-17)20(25)22-10-8-18(9-11-22)16(3)24/h4-7,12,16,18,24H,8-11,13H2,1-3H3. The van der Waals surface area contributed by atoms with E-state index in [0.29, 0.717) is 12.5 Å². The second kappa shape index (κ2) is 7.40. The summed E-state index contributed by atoms with van der Waals surface area (Å²) in [5.41, 5.74) is 4.02. The number of hydrogen-bond acceptors (Lipinski definition) is 3. The van der Waals surface area contributed by atoms with E-state index in [4.69, 9.17) is 0 Å². The average Bonchev–Trinajstić information content (AvgIpc) is 2.92. The number of aliphatic hydroxyl groups is 1. The van der Waals surface area contributed by atoms with Crippen LogP contribution in [-0.4, -0.2) is 44.9 Å². The minimum Gasteiger partial charge on any atom is -0.393 e. The first-order valence-corrected chi connectivity index (χ1v) is 9.01. The van der Waals surface area contributed by atoms with Crippen molar-refractivity contribution < 1.29 is 9.90 Å². The molecule has 5 heteroatoms. The van der Waals surface area contributed by atoms with Crippen molar-refractivity contribution >= 4 is 5.91 Å². The van der Waals surface area contributed by atoms with Gasteiger partial charge in [-0.05, 0) is 63.3 Å². The SMILES string of the molecule is Cc1cc(C)n(Cc2ccc(C(=O)N3CCC(C(C)O)CC3)cc2)n1. The first kappa shape index (κ1) is 17.7. The van der Waals surface area contributed by atoms with Crippen LogP contribution < -0.4 is 0 Å². The quantitative estimate of drug-likeness (QED) is 0.930. The van der Waals surface area contributed by atoms with Gasteiger partial charge in [-0.1, -0.05) is 12.1 Å². The van der Waals surface area contributed by atoms with Crippen LogP contribution in [0.15, 0.2) is 30.3 Å². The Kier molecular flexibility index (Phi) is 5.23. The number of nitrogens with zero attached hydrogens (tertiary/aromatic N) is 3. The maximum Gasteiger partial charge on any atom is 0.253 e. The summed E-state index contributed by atoms with van der Waals surface area (Å²) >= 11 is 0. The van der Waals surface area contributed by atoms with Crippen LogP contribution in [0.4, 0.5) is 0 Å². The lowest BCUT2D eigenvalue weighted by Gasteiger charge is -2.33. The summed E-state index contributed by atoms with van der Waals surface area (Å²) in [5, 5.41) is 14.2. The molecule has 25 heavy (non-hydrogen) atoms. The van der Waals surface area contributed by atoms with Gasteiger partial charge in [0.05, 0.1) is 18.3 Å². The molecule has 1 atom stereocenters. The van der Waals surface area contributed by atoms with E-state index >= 15 is 0 Å². The summed E-state index contributed by atoms with van der Waals surface area (Å²) in [5.74, 6) is 0.397. The lowest BCUT2D eigenvalue weighted by Crippen LogP contribution is -2.40. The Hall–Kier alpha value is -2.14. The summed E-state index contributed by atoms with van der Waals surface area (Å²) in [6, 6.07) is 9.89. The highest BCUT2D eigenvalue weighted by atomic mass is 16.3. The van der Waals surface area contributed by atoms with Crippen molar-refractivity contribution in [3.05, 3.63) is 52.8 Å². The van der Waals surface area contributed by atoms with Gasteiger partial charge in [-0.25, -0.2) is 0 Å². The van der Waals surface area contributed by atoms with E-state index in [-0.39, 0.29) is 12.0 Å². The fraction of sp³-hybridized carbons (Fsp3) is 0.500. The fourth-order valence-corrected chi connectivity index (χ4v) is 3.53. The van der Waals surface area contributed by atoms with E-state index in [2.05, 4.69) is 18.1 Å². The van der Waals surface area contributed by atoms with Crippen molar-refractivity contribution in [2.24, 2.45) is 5.92 Å². The molecule has 2 heterocycles. The van der Waals surface area contributed by atoms with E-state index in [1.165, 1.54) is 0 Å². The van der Waals surface area contributed by atoms with Gasteiger partial charge in [0.15, 0.2) is 0 Å². The van der Waals surface area contributed by atoms with E-state index in [9.17, 15) is 9.90 Å². The molecule has 134 valence electrons. The number of benzene rings is 1. The zero-order valence-electron chi connectivity index (χ0n) is 15.3. The number of aromatic nitrogens is 2. The maximum absolute atomic E-state index is 12.6. The highest BCUT2D eigenvalue weighted by molar-refractivity contribution is 5.94. The summed E-state index contributed by atoms with van der Waals surface area (Å²) in [4.78, 5) is 14.5. The maximum atomic E-state index is 12.6. The Morgan fingerprint density at radius 3 is 2.40 bits per heavy atom. The van der Waals surface area contributed by atoms with E-state index in [1.54, 1.807) is 0 Å². The third-order valence-electron chi connectivity index (χ3n) is 5.15. The number of rotatable bonds is 4. The van der Waals surface area contributed by atoms with Gasteiger partial charge in [-0.15, -0.1) is 0 Å². The van der Waals surface area contributed by atoms with Crippen molar-refractivity contribution in [2.75, 3.05) is 13.1 Å². The normalized spacial score (nSPS) is 16.9. The van der Waals surface area contributed by atoms with Gasteiger partial charge in [0.1, 0.15) is 0 Å². The Balaban J connectivity index is 1.62. The van der Waals surface area contributed by atoms with Crippen molar-refractivity contribution in [3.63, 3.8) is 0 Å². The van der Waals surface area contributed by atoms with Gasteiger partial charge in [-0.2, -0.15) is 5.10 Å². The van der Waals surface area contributed by atoms with Gasteiger partial charge >= 0.3 is 0 Å². The molecule has 1 aromatic heterocycles. The molecule has 1 saturated heterocycles. The molecule has 1 amide bonds. The van der Waals surface area contributed by atoms with E-state index in [1.807, 2.05) is 47.7 Å². The molecule has 0 radical (unpaired) electrons. The van der Waals surface area contributed by atoms with Crippen LogP contribution in [-0.2, 0) is 6.54 Å². The first-order chi connectivity index (χ1) is 11.9. The third kappa shape index (κ3) is 4.10. The molecule has 5 nitrogen and oxygen atoms in total. The Bertz CT molecular complexity index is 726. The minimum absolute atomic E-state index is 0.0849. The molecule has 1 aromatic carbocycles. The zero-order chi connectivity index (χ0) is 18.0. The van der Waals surface area contributed by atoms with Crippen LogP contribution in [0.1, 0.15) is 47.1 Å². The predicted molar refractivity (Wildman–Crippen MR) is 97.6 cm³/mol. The van der Waals surface area contributed by atoms with E-state index in [0.717, 1.165) is 48.4 Å². The molecule has 1 fully saturated rings. The first-order valence-electron chi connectivity index (χ1n) is 9.01. The summed E-state index contributed by atoms with van der Waals surface area (Å²) in [6.45, 7) is 8.04. The van der Waals surface area contributed by atoms with Crippen molar-refractivity contribution in [1.82, 2.24) is 14.7 Å². The highest BCUT2D eigenvalue weighted by Gasteiger charge is 2.25. The molecule has 0 spiro atoms. The smallest absolute Gasteiger partial charge is 0.253 e. The number of aliphatic hydroxyl groups excluding tert-OH is 1. The van der Waals surface area contributed by atoms with Crippen molar-refractivity contribution in [2.45, 2.75) is 46.3 Å². The lowest BCUT2D eigenvalue weighted by molar-refractivity contribution is 0.0521. The van der Waals surface area contributed by atoms with Crippen molar-refractivity contribution in [3.8, 4) is 0 Å². The van der Waals surface area contributed by atoms with E-state index < -0.39 is 0 Å². The molecule has 0 bridgehead atoms. The average molecular weight is 341 g/mol. The molecular formula is C20H27N3O2. The van der Waals surface area contributed by atoms with Crippen LogP contribution in [0.25, 0.3) is 0 Å². The molecule has 1 unspecified atom stereocenters. The molecule has 1 aliphatic rings. The molecule has 1 aliphatic heterocycles. The van der Waals surface area contributed by atoms with Crippen LogP contribution >= 0.6 is 0 Å². The number of carbonyl (C=O) groups is 1. The van der Waals surface area contributed by atoms with Crippen LogP contribution in [0, 0.1) is 19.8 Å². The Morgan fingerprint density at radius 1 is 1.24 bits per heavy atom. The van der Waals surface area contributed by atoms with Gasteiger partial charge in [0, 0.05) is 24.3 Å². The molecule has 3 rings (SSSR count). The van der Waals surface area contributed by atoms with Crippen molar-refractivity contribution in [1.29, 1.82) is 0 Å². The Morgan fingerprint density at radius 2 is 1.88 bits per heavy atom. The highest BCUT2D eigenvalue weighted by Crippen LogP contribution is 2.22. The lowest BCUT2D eigenvalue weighted by atomic mass is 9.92.